The van der Waals surface area contributed by atoms with Crippen molar-refractivity contribution in [1.82, 2.24) is 5.32 Å². The fourth-order valence-electron chi connectivity index (χ4n) is 5.16. The number of allylic oxidation sites excluding steroid dienone is 1. The van der Waals surface area contributed by atoms with E-state index in [1.54, 1.807) is 0 Å². The Kier molecular flexibility index (Phi) is 28.8. The molecule has 40 heavy (non-hydrogen) atoms. The van der Waals surface area contributed by atoms with Crippen LogP contribution in [-0.4, -0.2) is 57.3 Å². The van der Waals surface area contributed by atoms with Crippen molar-refractivity contribution >= 4 is 5.91 Å². The zero-order valence-electron chi connectivity index (χ0n) is 26.3. The van der Waals surface area contributed by atoms with Crippen molar-refractivity contribution in [3.63, 3.8) is 0 Å². The summed E-state index contributed by atoms with van der Waals surface area (Å²) in [4.78, 5) is 12.4. The second-order valence-corrected chi connectivity index (χ2v) is 11.9. The van der Waals surface area contributed by atoms with Gasteiger partial charge in [0.15, 0.2) is 0 Å². The number of nitrogens with one attached hydrogen (secondary N) is 1. The maximum atomic E-state index is 12.4. The van der Waals surface area contributed by atoms with Crippen molar-refractivity contribution in [3.8, 4) is 0 Å². The molecule has 0 aromatic carbocycles. The number of aliphatic hydroxyl groups is 4. The molecule has 0 aromatic rings. The smallest absolute Gasteiger partial charge is 0.249 e. The highest BCUT2D eigenvalue weighted by molar-refractivity contribution is 5.80. The number of unbranched alkanes of at least 4 members (excludes halogenated alkanes) is 21. The SMILES string of the molecule is CCCCCCCCCCCCC=CC(O)C(O)C(CO)NC(=O)C(O)CCCCCCCCCCCCCC. The van der Waals surface area contributed by atoms with Crippen LogP contribution in [0.5, 0.6) is 0 Å². The fraction of sp³-hybridized carbons (Fsp3) is 0.912. The molecule has 0 spiro atoms. The predicted octanol–water partition coefficient (Wildman–Crippen LogP) is 7.50. The molecule has 0 aromatic heterocycles. The van der Waals surface area contributed by atoms with E-state index in [1.807, 2.05) is 6.08 Å². The maximum Gasteiger partial charge on any atom is 0.249 e. The van der Waals surface area contributed by atoms with E-state index in [0.717, 1.165) is 38.5 Å². The van der Waals surface area contributed by atoms with Gasteiger partial charge in [0.1, 0.15) is 18.3 Å². The minimum Gasteiger partial charge on any atom is -0.394 e. The Morgan fingerprint density at radius 2 is 1.02 bits per heavy atom. The molecule has 6 heteroatoms. The van der Waals surface area contributed by atoms with Crippen LogP contribution in [0.1, 0.15) is 168 Å². The molecule has 0 saturated heterocycles. The maximum absolute atomic E-state index is 12.4. The fourth-order valence-corrected chi connectivity index (χ4v) is 5.16. The molecule has 238 valence electrons. The highest BCUT2D eigenvalue weighted by Gasteiger charge is 2.27. The van der Waals surface area contributed by atoms with Gasteiger partial charge in [-0.1, -0.05) is 161 Å². The normalized spacial score (nSPS) is 14.8. The summed E-state index contributed by atoms with van der Waals surface area (Å²) in [7, 11) is 0. The summed E-state index contributed by atoms with van der Waals surface area (Å²) in [6, 6.07) is -1.03. The van der Waals surface area contributed by atoms with Gasteiger partial charge in [-0.2, -0.15) is 0 Å². The molecule has 0 fully saturated rings. The second-order valence-electron chi connectivity index (χ2n) is 11.9. The third kappa shape index (κ3) is 23.7. The number of hydrogen-bond donors (Lipinski definition) is 5. The van der Waals surface area contributed by atoms with Gasteiger partial charge in [0.25, 0.3) is 0 Å². The minimum absolute atomic E-state index is 0.360. The van der Waals surface area contributed by atoms with Crippen LogP contribution in [0.2, 0.25) is 0 Å². The Hall–Kier alpha value is -0.950. The Balaban J connectivity index is 3.92. The van der Waals surface area contributed by atoms with Crippen LogP contribution in [0.4, 0.5) is 0 Å². The third-order valence-electron chi connectivity index (χ3n) is 7.98. The van der Waals surface area contributed by atoms with Gasteiger partial charge in [0, 0.05) is 0 Å². The van der Waals surface area contributed by atoms with Crippen LogP contribution >= 0.6 is 0 Å². The number of hydrogen-bond acceptors (Lipinski definition) is 5. The van der Waals surface area contributed by atoms with Crippen LogP contribution in [0, 0.1) is 0 Å². The van der Waals surface area contributed by atoms with E-state index in [9.17, 15) is 25.2 Å². The van der Waals surface area contributed by atoms with Gasteiger partial charge in [0.05, 0.1) is 12.6 Å². The van der Waals surface area contributed by atoms with Crippen LogP contribution in [0.25, 0.3) is 0 Å². The molecule has 5 N–H and O–H groups in total. The summed E-state index contributed by atoms with van der Waals surface area (Å²) in [5.41, 5.74) is 0. The molecule has 6 nitrogen and oxygen atoms in total. The molecule has 0 saturated carbocycles. The highest BCUT2D eigenvalue weighted by Crippen LogP contribution is 2.14. The van der Waals surface area contributed by atoms with Gasteiger partial charge in [-0.25, -0.2) is 0 Å². The van der Waals surface area contributed by atoms with Crippen molar-refractivity contribution in [2.45, 2.75) is 192 Å². The molecule has 0 aliphatic rings. The van der Waals surface area contributed by atoms with Crippen molar-refractivity contribution < 1.29 is 25.2 Å². The first-order chi connectivity index (χ1) is 19.5. The lowest BCUT2D eigenvalue weighted by atomic mass is 10.0. The lowest BCUT2D eigenvalue weighted by Crippen LogP contribution is -2.52. The van der Waals surface area contributed by atoms with E-state index in [-0.39, 0.29) is 0 Å². The summed E-state index contributed by atoms with van der Waals surface area (Å²) in [5.74, 6) is -0.609. The molecular formula is C34H67NO5. The molecule has 4 unspecified atom stereocenters. The quantitative estimate of drug-likeness (QED) is 0.0454. The Morgan fingerprint density at radius 1 is 0.625 bits per heavy atom. The van der Waals surface area contributed by atoms with Crippen molar-refractivity contribution in [3.05, 3.63) is 12.2 Å². The zero-order valence-corrected chi connectivity index (χ0v) is 26.3. The average Bonchev–Trinajstić information content (AvgIpc) is 2.96. The van der Waals surface area contributed by atoms with Crippen molar-refractivity contribution in [1.29, 1.82) is 0 Å². The van der Waals surface area contributed by atoms with Crippen LogP contribution in [0.3, 0.4) is 0 Å². The van der Waals surface area contributed by atoms with Crippen LogP contribution in [0.15, 0.2) is 12.2 Å². The lowest BCUT2D eigenvalue weighted by Gasteiger charge is -2.25. The predicted molar refractivity (Wildman–Crippen MR) is 168 cm³/mol. The van der Waals surface area contributed by atoms with Gasteiger partial charge in [0.2, 0.25) is 5.91 Å². The van der Waals surface area contributed by atoms with E-state index in [2.05, 4.69) is 19.2 Å². The molecule has 1 amide bonds. The number of rotatable bonds is 30. The molecule has 0 heterocycles. The van der Waals surface area contributed by atoms with E-state index in [0.29, 0.717) is 6.42 Å². The Bertz CT molecular complexity index is 571. The largest absolute Gasteiger partial charge is 0.394 e. The Labute approximate surface area is 247 Å². The van der Waals surface area contributed by atoms with Crippen LogP contribution < -0.4 is 5.32 Å². The first-order valence-electron chi connectivity index (χ1n) is 17.1. The van der Waals surface area contributed by atoms with E-state index in [4.69, 9.17) is 0 Å². The first-order valence-corrected chi connectivity index (χ1v) is 17.1. The summed E-state index contributed by atoms with van der Waals surface area (Å²) in [5, 5.41) is 43.1. The molecular weight excluding hydrogens is 502 g/mol. The topological polar surface area (TPSA) is 110 Å². The number of amides is 1. The third-order valence-corrected chi connectivity index (χ3v) is 7.98. The molecule has 0 aliphatic carbocycles. The summed E-state index contributed by atoms with van der Waals surface area (Å²) in [6.45, 7) is 3.97. The Morgan fingerprint density at radius 3 is 1.45 bits per heavy atom. The molecule has 4 atom stereocenters. The van der Waals surface area contributed by atoms with Gasteiger partial charge in [-0.15, -0.1) is 0 Å². The van der Waals surface area contributed by atoms with Gasteiger partial charge < -0.3 is 25.7 Å². The standard InChI is InChI=1S/C34H67NO5/c1-3-5-7-9-11-13-15-17-19-21-23-25-27-31(37)33(39)30(29-36)35-34(40)32(38)28-26-24-22-20-18-16-14-12-10-8-6-4-2/h25,27,30-33,36-39H,3-24,26,28-29H2,1-2H3,(H,35,40). The van der Waals surface area contributed by atoms with Gasteiger partial charge >= 0.3 is 0 Å². The molecule has 0 rings (SSSR count). The van der Waals surface area contributed by atoms with Crippen molar-refractivity contribution in [2.75, 3.05) is 6.61 Å². The zero-order chi connectivity index (χ0) is 29.7. The van der Waals surface area contributed by atoms with E-state index < -0.39 is 36.9 Å². The summed E-state index contributed by atoms with van der Waals surface area (Å²) >= 11 is 0. The number of carbonyl (C=O) groups excluding carboxylic acids is 1. The molecule has 0 radical (unpaired) electrons. The van der Waals surface area contributed by atoms with Crippen molar-refractivity contribution in [2.24, 2.45) is 0 Å². The summed E-state index contributed by atoms with van der Waals surface area (Å²) in [6.07, 6.45) is 28.2. The van der Waals surface area contributed by atoms with Gasteiger partial charge in [-0.3, -0.25) is 4.79 Å². The molecule has 0 aliphatic heterocycles. The van der Waals surface area contributed by atoms with Gasteiger partial charge in [-0.05, 0) is 19.3 Å². The second kappa shape index (κ2) is 29.5. The summed E-state index contributed by atoms with van der Waals surface area (Å²) < 4.78 is 0. The first kappa shape index (κ1) is 39.0. The van der Waals surface area contributed by atoms with Crippen LogP contribution in [-0.2, 0) is 4.79 Å². The highest BCUT2D eigenvalue weighted by atomic mass is 16.3. The number of aliphatic hydroxyl groups excluding tert-OH is 4. The average molecular weight is 570 g/mol. The minimum atomic E-state index is -1.34. The van der Waals surface area contributed by atoms with E-state index >= 15 is 0 Å². The van der Waals surface area contributed by atoms with E-state index in [1.165, 1.54) is 115 Å². The lowest BCUT2D eigenvalue weighted by molar-refractivity contribution is -0.132. The molecule has 0 bridgehead atoms. The monoisotopic (exact) mass is 570 g/mol. The number of carbonyl (C=O) groups is 1.